The van der Waals surface area contributed by atoms with Crippen LogP contribution in [-0.2, 0) is 17.6 Å². The summed E-state index contributed by atoms with van der Waals surface area (Å²) in [7, 11) is 0. The second-order valence-electron chi connectivity index (χ2n) is 5.46. The van der Waals surface area contributed by atoms with E-state index in [4.69, 9.17) is 4.52 Å². The molecule has 0 atom stereocenters. The van der Waals surface area contributed by atoms with Crippen LogP contribution in [0.4, 0.5) is 10.1 Å². The number of rotatable bonds is 5. The summed E-state index contributed by atoms with van der Waals surface area (Å²) in [6.45, 7) is 2.08. The number of nitrogens with zero attached hydrogens (tertiary/aromatic N) is 1. The molecule has 1 aromatic heterocycles. The molecule has 0 saturated carbocycles. The summed E-state index contributed by atoms with van der Waals surface area (Å²) in [5.74, 6) is 0.0234. The van der Waals surface area contributed by atoms with Gasteiger partial charge in [-0.3, -0.25) is 4.79 Å². The van der Waals surface area contributed by atoms with Crippen LogP contribution >= 0.6 is 0 Å². The highest BCUT2D eigenvalue weighted by Gasteiger charge is 2.11. The molecule has 0 unspecified atom stereocenters. The molecule has 1 heterocycles. The molecule has 0 bridgehead atoms. The minimum atomic E-state index is -0.313. The second-order valence-corrected chi connectivity index (χ2v) is 5.46. The zero-order valence-electron chi connectivity index (χ0n) is 13.3. The number of nitrogens with one attached hydrogen (secondary N) is 1. The standard InChI is InChI=1S/C19H17FN2O2/c1-2-13-3-9-16(10-4-13)21-19(23)12-17-11-18(24-22-17)14-5-7-15(20)8-6-14/h3-11H,2,12H2,1H3,(H,21,23). The SMILES string of the molecule is CCc1ccc(NC(=O)Cc2cc(-c3ccc(F)cc3)on2)cc1. The minimum Gasteiger partial charge on any atom is -0.356 e. The highest BCUT2D eigenvalue weighted by atomic mass is 19.1. The summed E-state index contributed by atoms with van der Waals surface area (Å²) in [5, 5.41) is 6.72. The third kappa shape index (κ3) is 3.87. The molecule has 3 rings (SSSR count). The molecule has 24 heavy (non-hydrogen) atoms. The van der Waals surface area contributed by atoms with Gasteiger partial charge in [-0.25, -0.2) is 4.39 Å². The molecule has 0 radical (unpaired) electrons. The number of benzene rings is 2. The van der Waals surface area contributed by atoms with Crippen molar-refractivity contribution >= 4 is 11.6 Å². The number of halogens is 1. The highest BCUT2D eigenvalue weighted by Crippen LogP contribution is 2.21. The van der Waals surface area contributed by atoms with Gasteiger partial charge in [0, 0.05) is 17.3 Å². The number of hydrogen-bond donors (Lipinski definition) is 1. The Morgan fingerprint density at radius 2 is 1.83 bits per heavy atom. The Morgan fingerprint density at radius 1 is 1.12 bits per heavy atom. The molecule has 0 saturated heterocycles. The Labute approximate surface area is 139 Å². The van der Waals surface area contributed by atoms with E-state index in [-0.39, 0.29) is 18.1 Å². The van der Waals surface area contributed by atoms with E-state index < -0.39 is 0 Å². The van der Waals surface area contributed by atoms with Crippen LogP contribution in [0.5, 0.6) is 0 Å². The Balaban J connectivity index is 1.63. The van der Waals surface area contributed by atoms with Crippen molar-refractivity contribution in [1.82, 2.24) is 5.16 Å². The summed E-state index contributed by atoms with van der Waals surface area (Å²) in [4.78, 5) is 12.1. The number of carbonyl (C=O) groups is 1. The third-order valence-corrected chi connectivity index (χ3v) is 3.68. The van der Waals surface area contributed by atoms with Crippen LogP contribution in [0.25, 0.3) is 11.3 Å². The molecule has 1 N–H and O–H groups in total. The normalized spacial score (nSPS) is 10.6. The van der Waals surface area contributed by atoms with E-state index in [1.807, 2.05) is 24.3 Å². The lowest BCUT2D eigenvalue weighted by Crippen LogP contribution is -2.14. The molecule has 2 aromatic carbocycles. The third-order valence-electron chi connectivity index (χ3n) is 3.68. The first-order valence-corrected chi connectivity index (χ1v) is 7.74. The van der Waals surface area contributed by atoms with E-state index in [9.17, 15) is 9.18 Å². The van der Waals surface area contributed by atoms with Crippen LogP contribution in [-0.4, -0.2) is 11.1 Å². The van der Waals surface area contributed by atoms with Gasteiger partial charge in [-0.1, -0.05) is 24.2 Å². The van der Waals surface area contributed by atoms with Crippen molar-refractivity contribution in [2.75, 3.05) is 5.32 Å². The molecular weight excluding hydrogens is 307 g/mol. The maximum atomic E-state index is 12.9. The van der Waals surface area contributed by atoms with Crippen molar-refractivity contribution < 1.29 is 13.7 Å². The maximum Gasteiger partial charge on any atom is 0.230 e. The fourth-order valence-corrected chi connectivity index (χ4v) is 2.34. The lowest BCUT2D eigenvalue weighted by molar-refractivity contribution is -0.115. The van der Waals surface area contributed by atoms with Crippen LogP contribution in [0.2, 0.25) is 0 Å². The van der Waals surface area contributed by atoms with E-state index >= 15 is 0 Å². The highest BCUT2D eigenvalue weighted by molar-refractivity contribution is 5.92. The van der Waals surface area contributed by atoms with Crippen molar-refractivity contribution in [3.8, 4) is 11.3 Å². The monoisotopic (exact) mass is 324 g/mol. The van der Waals surface area contributed by atoms with Gasteiger partial charge in [0.1, 0.15) is 5.82 Å². The Kier molecular flexibility index (Phi) is 4.70. The van der Waals surface area contributed by atoms with Crippen LogP contribution in [0.15, 0.2) is 59.1 Å². The molecule has 4 nitrogen and oxygen atoms in total. The molecule has 122 valence electrons. The molecular formula is C19H17FN2O2. The minimum absolute atomic E-state index is 0.111. The molecule has 0 aliphatic rings. The first-order valence-electron chi connectivity index (χ1n) is 7.74. The molecule has 0 spiro atoms. The topological polar surface area (TPSA) is 55.1 Å². The number of carbonyl (C=O) groups excluding carboxylic acids is 1. The molecule has 0 aliphatic heterocycles. The predicted octanol–water partition coefficient (Wildman–Crippen LogP) is 4.22. The predicted molar refractivity (Wildman–Crippen MR) is 90.1 cm³/mol. The lowest BCUT2D eigenvalue weighted by atomic mass is 10.1. The van der Waals surface area contributed by atoms with Crippen molar-refractivity contribution in [2.45, 2.75) is 19.8 Å². The average molecular weight is 324 g/mol. The summed E-state index contributed by atoms with van der Waals surface area (Å²) < 4.78 is 18.2. The van der Waals surface area contributed by atoms with Gasteiger partial charge in [-0.2, -0.15) is 0 Å². The van der Waals surface area contributed by atoms with Crippen molar-refractivity contribution in [3.63, 3.8) is 0 Å². The molecule has 0 fully saturated rings. The number of amides is 1. The van der Waals surface area contributed by atoms with Gasteiger partial charge in [0.15, 0.2) is 5.76 Å². The van der Waals surface area contributed by atoms with Crippen LogP contribution in [0.1, 0.15) is 18.2 Å². The van der Waals surface area contributed by atoms with Gasteiger partial charge >= 0.3 is 0 Å². The lowest BCUT2D eigenvalue weighted by Gasteiger charge is -2.04. The maximum absolute atomic E-state index is 12.9. The Hall–Kier alpha value is -2.95. The van der Waals surface area contributed by atoms with E-state index in [2.05, 4.69) is 17.4 Å². The summed E-state index contributed by atoms with van der Waals surface area (Å²) in [6, 6.07) is 15.3. The van der Waals surface area contributed by atoms with E-state index in [0.717, 1.165) is 12.1 Å². The number of hydrogen-bond acceptors (Lipinski definition) is 3. The molecule has 0 aliphatic carbocycles. The van der Waals surface area contributed by atoms with Gasteiger partial charge in [0.05, 0.1) is 12.1 Å². The number of anilines is 1. The van der Waals surface area contributed by atoms with Gasteiger partial charge in [-0.15, -0.1) is 0 Å². The fraction of sp³-hybridized carbons (Fsp3) is 0.158. The number of aryl methyl sites for hydroxylation is 1. The van der Waals surface area contributed by atoms with Crippen molar-refractivity contribution in [1.29, 1.82) is 0 Å². The van der Waals surface area contributed by atoms with Gasteiger partial charge in [0.2, 0.25) is 5.91 Å². The summed E-state index contributed by atoms with van der Waals surface area (Å²) >= 11 is 0. The first-order chi connectivity index (χ1) is 11.6. The summed E-state index contributed by atoms with van der Waals surface area (Å²) in [5.41, 5.74) is 3.20. The molecule has 3 aromatic rings. The quantitative estimate of drug-likeness (QED) is 0.764. The van der Waals surface area contributed by atoms with E-state index in [0.29, 0.717) is 17.0 Å². The largest absolute Gasteiger partial charge is 0.356 e. The second kappa shape index (κ2) is 7.08. The molecule has 5 heteroatoms. The smallest absolute Gasteiger partial charge is 0.230 e. The van der Waals surface area contributed by atoms with Crippen molar-refractivity contribution in [3.05, 3.63) is 71.7 Å². The van der Waals surface area contributed by atoms with Crippen LogP contribution in [0, 0.1) is 5.82 Å². The van der Waals surface area contributed by atoms with Crippen molar-refractivity contribution in [2.24, 2.45) is 0 Å². The van der Waals surface area contributed by atoms with Gasteiger partial charge < -0.3 is 9.84 Å². The zero-order chi connectivity index (χ0) is 16.9. The van der Waals surface area contributed by atoms with Gasteiger partial charge in [-0.05, 0) is 48.4 Å². The Bertz CT molecular complexity index is 823. The van der Waals surface area contributed by atoms with Crippen LogP contribution < -0.4 is 5.32 Å². The average Bonchev–Trinajstić information content (AvgIpc) is 3.04. The van der Waals surface area contributed by atoms with Gasteiger partial charge in [0.25, 0.3) is 0 Å². The first kappa shape index (κ1) is 15.9. The fourth-order valence-electron chi connectivity index (χ4n) is 2.34. The van der Waals surface area contributed by atoms with Crippen LogP contribution in [0.3, 0.4) is 0 Å². The zero-order valence-corrected chi connectivity index (χ0v) is 13.3. The van der Waals surface area contributed by atoms with E-state index in [1.54, 1.807) is 18.2 Å². The Morgan fingerprint density at radius 3 is 2.50 bits per heavy atom. The molecule has 1 amide bonds. The number of aromatic nitrogens is 1. The summed E-state index contributed by atoms with van der Waals surface area (Å²) in [6.07, 6.45) is 1.07. The van der Waals surface area contributed by atoms with E-state index in [1.165, 1.54) is 17.7 Å².